The SMILES string of the molecule is Cn1nccc1CCNC1(CO)CC1. The van der Waals surface area contributed by atoms with Crippen molar-refractivity contribution in [2.45, 2.75) is 24.8 Å². The molecule has 1 saturated carbocycles. The number of rotatable bonds is 5. The zero-order chi connectivity index (χ0) is 10.0. The third kappa shape index (κ3) is 1.96. The lowest BCUT2D eigenvalue weighted by Crippen LogP contribution is -2.36. The highest BCUT2D eigenvalue weighted by atomic mass is 16.3. The monoisotopic (exact) mass is 195 g/mol. The normalized spacial score (nSPS) is 18.4. The van der Waals surface area contributed by atoms with Gasteiger partial charge in [0, 0.05) is 37.4 Å². The molecular formula is C10H17N3O. The number of aryl methyl sites for hydroxylation is 1. The van der Waals surface area contributed by atoms with Crippen molar-refractivity contribution < 1.29 is 5.11 Å². The molecule has 1 aromatic heterocycles. The van der Waals surface area contributed by atoms with Crippen LogP contribution in [0.15, 0.2) is 12.3 Å². The van der Waals surface area contributed by atoms with E-state index in [1.165, 1.54) is 5.69 Å². The van der Waals surface area contributed by atoms with Crippen molar-refractivity contribution in [2.75, 3.05) is 13.2 Å². The van der Waals surface area contributed by atoms with Crippen LogP contribution in [0.25, 0.3) is 0 Å². The van der Waals surface area contributed by atoms with Crippen LogP contribution in [0, 0.1) is 0 Å². The topological polar surface area (TPSA) is 50.1 Å². The summed E-state index contributed by atoms with van der Waals surface area (Å²) in [5, 5.41) is 16.6. The molecule has 0 aromatic carbocycles. The summed E-state index contributed by atoms with van der Waals surface area (Å²) < 4.78 is 1.89. The second kappa shape index (κ2) is 3.71. The minimum atomic E-state index is 0.0542. The van der Waals surface area contributed by atoms with Crippen LogP contribution in [0.4, 0.5) is 0 Å². The highest BCUT2D eigenvalue weighted by Crippen LogP contribution is 2.34. The first-order valence-corrected chi connectivity index (χ1v) is 5.09. The van der Waals surface area contributed by atoms with Crippen molar-refractivity contribution in [1.29, 1.82) is 0 Å². The minimum absolute atomic E-state index is 0.0542. The van der Waals surface area contributed by atoms with Gasteiger partial charge in [-0.3, -0.25) is 4.68 Å². The number of aromatic nitrogens is 2. The van der Waals surface area contributed by atoms with Crippen LogP contribution >= 0.6 is 0 Å². The van der Waals surface area contributed by atoms with Gasteiger partial charge in [0.15, 0.2) is 0 Å². The first-order valence-electron chi connectivity index (χ1n) is 5.09. The average Bonchev–Trinajstić information content (AvgIpc) is 2.86. The van der Waals surface area contributed by atoms with Gasteiger partial charge in [-0.1, -0.05) is 0 Å². The number of aliphatic hydroxyl groups excluding tert-OH is 1. The molecule has 1 fully saturated rings. The molecule has 1 aromatic rings. The molecule has 14 heavy (non-hydrogen) atoms. The molecule has 0 saturated heterocycles. The van der Waals surface area contributed by atoms with Gasteiger partial charge in [0.2, 0.25) is 0 Å². The molecule has 0 amide bonds. The number of hydrogen-bond acceptors (Lipinski definition) is 3. The van der Waals surface area contributed by atoms with Crippen molar-refractivity contribution in [3.05, 3.63) is 18.0 Å². The molecule has 0 radical (unpaired) electrons. The zero-order valence-corrected chi connectivity index (χ0v) is 8.53. The second-order valence-electron chi connectivity index (χ2n) is 4.06. The van der Waals surface area contributed by atoms with E-state index >= 15 is 0 Å². The lowest BCUT2D eigenvalue weighted by atomic mass is 10.2. The van der Waals surface area contributed by atoms with Crippen LogP contribution in [-0.2, 0) is 13.5 Å². The van der Waals surface area contributed by atoms with Crippen LogP contribution in [0.5, 0.6) is 0 Å². The van der Waals surface area contributed by atoms with Gasteiger partial charge < -0.3 is 10.4 Å². The van der Waals surface area contributed by atoms with E-state index in [9.17, 15) is 0 Å². The number of hydrogen-bond donors (Lipinski definition) is 2. The summed E-state index contributed by atoms with van der Waals surface area (Å²) in [5.74, 6) is 0. The largest absolute Gasteiger partial charge is 0.394 e. The Balaban J connectivity index is 1.76. The van der Waals surface area contributed by atoms with Gasteiger partial charge in [0.25, 0.3) is 0 Å². The summed E-state index contributed by atoms with van der Waals surface area (Å²) in [7, 11) is 1.95. The maximum Gasteiger partial charge on any atom is 0.0613 e. The van der Waals surface area contributed by atoms with E-state index in [2.05, 4.69) is 10.4 Å². The van der Waals surface area contributed by atoms with E-state index in [0.717, 1.165) is 25.8 Å². The van der Waals surface area contributed by atoms with Gasteiger partial charge in [-0.15, -0.1) is 0 Å². The fourth-order valence-electron chi connectivity index (χ4n) is 1.64. The van der Waals surface area contributed by atoms with Crippen molar-refractivity contribution in [3.63, 3.8) is 0 Å². The van der Waals surface area contributed by atoms with E-state index in [0.29, 0.717) is 0 Å². The first-order chi connectivity index (χ1) is 6.76. The lowest BCUT2D eigenvalue weighted by molar-refractivity contribution is 0.231. The molecule has 78 valence electrons. The van der Waals surface area contributed by atoms with Gasteiger partial charge in [0.1, 0.15) is 0 Å². The van der Waals surface area contributed by atoms with Crippen LogP contribution < -0.4 is 5.32 Å². The standard InChI is InChI=1S/C10H17N3O/c1-13-9(3-7-12-13)2-6-11-10(8-14)4-5-10/h3,7,11,14H,2,4-6,8H2,1H3. The van der Waals surface area contributed by atoms with E-state index in [1.54, 1.807) is 0 Å². The Kier molecular flexibility index (Phi) is 2.56. The molecule has 0 spiro atoms. The number of nitrogens with one attached hydrogen (secondary N) is 1. The van der Waals surface area contributed by atoms with Gasteiger partial charge in [-0.05, 0) is 18.9 Å². The average molecular weight is 195 g/mol. The summed E-state index contributed by atoms with van der Waals surface area (Å²) in [6, 6.07) is 2.03. The number of aliphatic hydroxyl groups is 1. The van der Waals surface area contributed by atoms with Crippen molar-refractivity contribution >= 4 is 0 Å². The third-order valence-electron chi connectivity index (χ3n) is 2.96. The van der Waals surface area contributed by atoms with E-state index in [-0.39, 0.29) is 12.1 Å². The highest BCUT2D eigenvalue weighted by Gasteiger charge is 2.41. The van der Waals surface area contributed by atoms with E-state index in [4.69, 9.17) is 5.11 Å². The Labute approximate surface area is 83.9 Å². The molecule has 1 aliphatic rings. The van der Waals surface area contributed by atoms with Gasteiger partial charge in [0.05, 0.1) is 6.61 Å². The molecular weight excluding hydrogens is 178 g/mol. The highest BCUT2D eigenvalue weighted by molar-refractivity contribution is 5.04. The maximum atomic E-state index is 9.09. The first kappa shape index (κ1) is 9.68. The fourth-order valence-corrected chi connectivity index (χ4v) is 1.64. The molecule has 4 nitrogen and oxygen atoms in total. The molecule has 4 heteroatoms. The quantitative estimate of drug-likeness (QED) is 0.699. The molecule has 0 aliphatic heterocycles. The van der Waals surface area contributed by atoms with Gasteiger partial charge in [-0.25, -0.2) is 0 Å². The Morgan fingerprint density at radius 3 is 2.93 bits per heavy atom. The summed E-state index contributed by atoms with van der Waals surface area (Å²) in [6.45, 7) is 1.18. The van der Waals surface area contributed by atoms with Gasteiger partial charge in [-0.2, -0.15) is 5.10 Å². The smallest absolute Gasteiger partial charge is 0.0613 e. The molecule has 2 rings (SSSR count). The summed E-state index contributed by atoms with van der Waals surface area (Å²) in [6.07, 6.45) is 5.00. The fraction of sp³-hybridized carbons (Fsp3) is 0.700. The number of nitrogens with zero attached hydrogens (tertiary/aromatic N) is 2. The summed E-state index contributed by atoms with van der Waals surface area (Å²) in [4.78, 5) is 0. The predicted octanol–water partition coefficient (Wildman–Crippen LogP) is 0.0771. The lowest BCUT2D eigenvalue weighted by Gasteiger charge is -2.13. The Bertz CT molecular complexity index is 304. The summed E-state index contributed by atoms with van der Waals surface area (Å²) in [5.41, 5.74) is 1.28. The molecule has 2 N–H and O–H groups in total. The molecule has 0 bridgehead atoms. The van der Waals surface area contributed by atoms with Crippen molar-refractivity contribution in [1.82, 2.24) is 15.1 Å². The Hall–Kier alpha value is -0.870. The van der Waals surface area contributed by atoms with Gasteiger partial charge >= 0.3 is 0 Å². The second-order valence-corrected chi connectivity index (χ2v) is 4.06. The zero-order valence-electron chi connectivity index (χ0n) is 8.53. The molecule has 1 heterocycles. The molecule has 0 unspecified atom stereocenters. The van der Waals surface area contributed by atoms with Crippen LogP contribution in [0.3, 0.4) is 0 Å². The van der Waals surface area contributed by atoms with Crippen molar-refractivity contribution in [3.8, 4) is 0 Å². The maximum absolute atomic E-state index is 9.09. The van der Waals surface area contributed by atoms with Crippen LogP contribution in [0.1, 0.15) is 18.5 Å². The Morgan fingerprint density at radius 2 is 2.43 bits per heavy atom. The Morgan fingerprint density at radius 1 is 1.64 bits per heavy atom. The molecule has 1 aliphatic carbocycles. The van der Waals surface area contributed by atoms with Crippen LogP contribution in [0.2, 0.25) is 0 Å². The summed E-state index contributed by atoms with van der Waals surface area (Å²) >= 11 is 0. The van der Waals surface area contributed by atoms with Crippen molar-refractivity contribution in [2.24, 2.45) is 7.05 Å². The van der Waals surface area contributed by atoms with Crippen LogP contribution in [-0.4, -0.2) is 33.6 Å². The van der Waals surface area contributed by atoms with E-state index < -0.39 is 0 Å². The molecule has 0 atom stereocenters. The predicted molar refractivity (Wildman–Crippen MR) is 54.0 cm³/mol. The third-order valence-corrected chi connectivity index (χ3v) is 2.96. The minimum Gasteiger partial charge on any atom is -0.394 e. The van der Waals surface area contributed by atoms with E-state index in [1.807, 2.05) is 24.0 Å².